The van der Waals surface area contributed by atoms with Crippen LogP contribution >= 0.6 is 11.8 Å². The van der Waals surface area contributed by atoms with E-state index in [1.807, 2.05) is 11.8 Å². The van der Waals surface area contributed by atoms with Crippen molar-refractivity contribution in [3.63, 3.8) is 0 Å². The summed E-state index contributed by atoms with van der Waals surface area (Å²) in [5.41, 5.74) is 0.314. The van der Waals surface area contributed by atoms with Crippen LogP contribution in [0.4, 0.5) is 5.69 Å². The van der Waals surface area contributed by atoms with Gasteiger partial charge in [0.05, 0.1) is 12.0 Å². The SMILES string of the molecule is COC(=O)[C@H](Cc1ccc([N+](=O)[O-])cc1)NC(=O)C1(CCCCSC)CCCC1. The summed E-state index contributed by atoms with van der Waals surface area (Å²) in [6, 6.07) is 5.20. The van der Waals surface area contributed by atoms with Crippen LogP contribution in [0, 0.1) is 15.5 Å². The van der Waals surface area contributed by atoms with Gasteiger partial charge in [0.2, 0.25) is 5.91 Å². The fraction of sp³-hybridized carbons (Fsp3) is 0.619. The molecule has 0 heterocycles. The minimum absolute atomic E-state index is 0.0115. The number of methoxy groups -OCH3 is 1. The van der Waals surface area contributed by atoms with Gasteiger partial charge in [-0.25, -0.2) is 4.79 Å². The molecule has 1 amide bonds. The highest BCUT2D eigenvalue weighted by Crippen LogP contribution is 2.42. The van der Waals surface area contributed by atoms with Crippen molar-refractivity contribution in [3.8, 4) is 0 Å². The Morgan fingerprint density at radius 1 is 1.24 bits per heavy atom. The van der Waals surface area contributed by atoms with E-state index in [1.165, 1.54) is 19.2 Å². The van der Waals surface area contributed by atoms with Crippen LogP contribution in [0.5, 0.6) is 0 Å². The van der Waals surface area contributed by atoms with E-state index in [0.29, 0.717) is 0 Å². The van der Waals surface area contributed by atoms with Crippen molar-refractivity contribution in [1.29, 1.82) is 0 Å². The van der Waals surface area contributed by atoms with Gasteiger partial charge in [-0.05, 0) is 43.3 Å². The van der Waals surface area contributed by atoms with Gasteiger partial charge in [-0.2, -0.15) is 11.8 Å². The Labute approximate surface area is 176 Å². The molecule has 0 unspecified atom stereocenters. The predicted molar refractivity (Wildman–Crippen MR) is 114 cm³/mol. The van der Waals surface area contributed by atoms with Gasteiger partial charge >= 0.3 is 5.97 Å². The first-order valence-corrected chi connectivity index (χ1v) is 11.4. The Balaban J connectivity index is 2.08. The quantitative estimate of drug-likeness (QED) is 0.251. The molecule has 0 radical (unpaired) electrons. The molecule has 1 fully saturated rings. The van der Waals surface area contributed by atoms with E-state index < -0.39 is 22.3 Å². The van der Waals surface area contributed by atoms with Gasteiger partial charge in [-0.1, -0.05) is 31.4 Å². The third-order valence-corrected chi connectivity index (χ3v) is 6.37. The van der Waals surface area contributed by atoms with E-state index in [4.69, 9.17) is 4.74 Å². The van der Waals surface area contributed by atoms with Crippen LogP contribution in [0.25, 0.3) is 0 Å². The standard InChI is InChI=1S/C21H30N2O5S/c1-28-19(24)18(15-16-7-9-17(10-8-16)23(26)27)22-20(25)21(11-3-4-12-21)13-5-6-14-29-2/h7-10,18H,3-6,11-15H2,1-2H3,(H,22,25)/t18-/m0/s1. The molecule has 2 rings (SSSR count). The number of esters is 1. The normalized spacial score (nSPS) is 16.2. The number of nitro benzene ring substituents is 1. The molecule has 1 atom stereocenters. The molecule has 1 N–H and O–H groups in total. The highest BCUT2D eigenvalue weighted by atomic mass is 32.2. The number of nitro groups is 1. The zero-order chi connectivity index (χ0) is 21.3. The zero-order valence-electron chi connectivity index (χ0n) is 17.1. The molecule has 0 saturated heterocycles. The first-order valence-electron chi connectivity index (χ1n) is 10.0. The van der Waals surface area contributed by atoms with Crippen molar-refractivity contribution in [3.05, 3.63) is 39.9 Å². The van der Waals surface area contributed by atoms with E-state index in [9.17, 15) is 19.7 Å². The number of nitrogens with one attached hydrogen (secondary N) is 1. The maximum Gasteiger partial charge on any atom is 0.328 e. The average Bonchev–Trinajstić information content (AvgIpc) is 3.20. The van der Waals surface area contributed by atoms with E-state index >= 15 is 0 Å². The van der Waals surface area contributed by atoms with Crippen LogP contribution < -0.4 is 5.32 Å². The monoisotopic (exact) mass is 422 g/mol. The van der Waals surface area contributed by atoms with Crippen LogP contribution in [0.3, 0.4) is 0 Å². The third-order valence-electron chi connectivity index (χ3n) is 5.67. The van der Waals surface area contributed by atoms with Crippen molar-refractivity contribution in [2.45, 2.75) is 57.4 Å². The van der Waals surface area contributed by atoms with Gasteiger partial charge in [0.1, 0.15) is 6.04 Å². The molecular formula is C21H30N2O5S. The second-order valence-corrected chi connectivity index (χ2v) is 8.60. The number of amides is 1. The summed E-state index contributed by atoms with van der Waals surface area (Å²) in [4.78, 5) is 35.8. The second-order valence-electron chi connectivity index (χ2n) is 7.61. The average molecular weight is 423 g/mol. The van der Waals surface area contributed by atoms with Gasteiger partial charge < -0.3 is 10.1 Å². The molecule has 1 saturated carbocycles. The number of hydrogen-bond acceptors (Lipinski definition) is 6. The third kappa shape index (κ3) is 6.45. The lowest BCUT2D eigenvalue weighted by molar-refractivity contribution is -0.384. The zero-order valence-corrected chi connectivity index (χ0v) is 18.0. The Hall–Kier alpha value is -2.09. The van der Waals surface area contributed by atoms with Crippen LogP contribution in [0.1, 0.15) is 50.5 Å². The molecule has 1 aromatic rings. The Kier molecular flexibility index (Phi) is 8.95. The van der Waals surface area contributed by atoms with Crippen LogP contribution in [-0.4, -0.2) is 42.0 Å². The molecule has 8 heteroatoms. The summed E-state index contributed by atoms with van der Waals surface area (Å²) in [5, 5.41) is 13.7. The van der Waals surface area contributed by atoms with Crippen molar-refractivity contribution in [2.75, 3.05) is 19.1 Å². The number of benzene rings is 1. The van der Waals surface area contributed by atoms with Crippen molar-refractivity contribution < 1.29 is 19.2 Å². The predicted octanol–water partition coefficient (Wildman–Crippen LogP) is 3.89. The van der Waals surface area contributed by atoms with Gasteiger partial charge in [-0.3, -0.25) is 14.9 Å². The Morgan fingerprint density at radius 3 is 2.45 bits per heavy atom. The second kappa shape index (κ2) is 11.2. The molecule has 7 nitrogen and oxygen atoms in total. The summed E-state index contributed by atoms with van der Waals surface area (Å²) < 4.78 is 4.89. The lowest BCUT2D eigenvalue weighted by Crippen LogP contribution is -2.49. The van der Waals surface area contributed by atoms with Crippen LogP contribution in [0.2, 0.25) is 0 Å². The minimum Gasteiger partial charge on any atom is -0.467 e. The fourth-order valence-electron chi connectivity index (χ4n) is 3.99. The lowest BCUT2D eigenvalue weighted by Gasteiger charge is -2.30. The minimum atomic E-state index is -0.808. The molecule has 29 heavy (non-hydrogen) atoms. The maximum atomic E-state index is 13.2. The largest absolute Gasteiger partial charge is 0.467 e. The number of carbonyl (C=O) groups is 2. The molecule has 160 valence electrons. The summed E-state index contributed by atoms with van der Waals surface area (Å²) in [7, 11) is 1.30. The van der Waals surface area contributed by atoms with E-state index in [0.717, 1.165) is 56.3 Å². The smallest absolute Gasteiger partial charge is 0.328 e. The molecule has 1 aliphatic rings. The number of ether oxygens (including phenoxy) is 1. The molecular weight excluding hydrogens is 392 g/mol. The van der Waals surface area contributed by atoms with Crippen molar-refractivity contribution in [1.82, 2.24) is 5.32 Å². The number of non-ortho nitro benzene ring substituents is 1. The van der Waals surface area contributed by atoms with E-state index in [2.05, 4.69) is 11.6 Å². The van der Waals surface area contributed by atoms with E-state index in [1.54, 1.807) is 12.1 Å². The summed E-state index contributed by atoms with van der Waals surface area (Å²) in [6.07, 6.45) is 9.00. The number of carbonyl (C=O) groups excluding carboxylic acids is 2. The number of hydrogen-bond donors (Lipinski definition) is 1. The van der Waals surface area contributed by atoms with Gasteiger partial charge in [0.15, 0.2) is 0 Å². The van der Waals surface area contributed by atoms with Crippen LogP contribution in [-0.2, 0) is 20.7 Å². The summed E-state index contributed by atoms with van der Waals surface area (Å²) >= 11 is 1.81. The first-order chi connectivity index (χ1) is 13.9. The number of nitrogens with zero attached hydrogens (tertiary/aromatic N) is 1. The number of thioether (sulfide) groups is 1. The first kappa shape index (κ1) is 23.2. The van der Waals surface area contributed by atoms with Crippen molar-refractivity contribution in [2.24, 2.45) is 5.41 Å². The maximum absolute atomic E-state index is 13.2. The lowest BCUT2D eigenvalue weighted by atomic mass is 9.80. The van der Waals surface area contributed by atoms with E-state index in [-0.39, 0.29) is 18.0 Å². The summed E-state index contributed by atoms with van der Waals surface area (Å²) in [5.74, 6) is 0.506. The molecule has 0 aromatic heterocycles. The Morgan fingerprint density at radius 2 is 1.90 bits per heavy atom. The highest BCUT2D eigenvalue weighted by molar-refractivity contribution is 7.98. The van der Waals surface area contributed by atoms with Crippen LogP contribution in [0.15, 0.2) is 24.3 Å². The molecule has 0 spiro atoms. The molecule has 0 bridgehead atoms. The van der Waals surface area contributed by atoms with Crippen molar-refractivity contribution >= 4 is 29.3 Å². The highest BCUT2D eigenvalue weighted by Gasteiger charge is 2.41. The van der Waals surface area contributed by atoms with Gasteiger partial charge in [-0.15, -0.1) is 0 Å². The molecule has 0 aliphatic heterocycles. The topological polar surface area (TPSA) is 98.5 Å². The molecule has 1 aliphatic carbocycles. The molecule has 1 aromatic carbocycles. The Bertz CT molecular complexity index is 702. The summed E-state index contributed by atoms with van der Waals surface area (Å²) in [6.45, 7) is 0. The van der Waals surface area contributed by atoms with Gasteiger partial charge in [0.25, 0.3) is 5.69 Å². The number of unbranched alkanes of at least 4 members (excludes halogenated alkanes) is 1. The fourth-order valence-corrected chi connectivity index (χ4v) is 4.48. The number of rotatable bonds is 11. The van der Waals surface area contributed by atoms with Gasteiger partial charge in [0, 0.05) is 24.0 Å².